The van der Waals surface area contributed by atoms with Gasteiger partial charge in [-0.05, 0) is 57.6 Å². The van der Waals surface area contributed by atoms with Crippen molar-refractivity contribution in [2.24, 2.45) is 5.92 Å². The van der Waals surface area contributed by atoms with E-state index in [1.54, 1.807) is 0 Å². The van der Waals surface area contributed by atoms with Crippen LogP contribution in [-0.2, 0) is 22.7 Å². The average molecular weight is 362 g/mol. The number of ether oxygens (including phenoxy) is 1. The number of benzene rings is 1. The fraction of sp³-hybridized carbons (Fsp3) is 0.600. The molecule has 2 amide bonds. The normalized spacial score (nSPS) is 20.4. The first-order valence-corrected chi connectivity index (χ1v) is 9.22. The summed E-state index contributed by atoms with van der Waals surface area (Å²) >= 11 is 0. The number of rotatable bonds is 6. The van der Waals surface area contributed by atoms with Gasteiger partial charge in [0.15, 0.2) is 0 Å². The van der Waals surface area contributed by atoms with Gasteiger partial charge in [0.25, 0.3) is 0 Å². The highest BCUT2D eigenvalue weighted by Gasteiger charge is 2.26. The number of nitrogens with one attached hydrogen (secondary N) is 2. The van der Waals surface area contributed by atoms with E-state index in [0.29, 0.717) is 38.8 Å². The molecule has 0 aliphatic heterocycles. The lowest BCUT2D eigenvalue weighted by Gasteiger charge is -2.26. The summed E-state index contributed by atoms with van der Waals surface area (Å²) in [6.07, 6.45) is 2.67. The van der Waals surface area contributed by atoms with Crippen molar-refractivity contribution < 1.29 is 19.4 Å². The monoisotopic (exact) mass is 362 g/mol. The highest BCUT2D eigenvalue weighted by molar-refractivity contribution is 5.74. The van der Waals surface area contributed by atoms with Gasteiger partial charge >= 0.3 is 12.0 Å². The van der Waals surface area contributed by atoms with Crippen LogP contribution in [0.1, 0.15) is 57.6 Å². The molecule has 1 saturated carbocycles. The largest absolute Gasteiger partial charge is 0.481 e. The zero-order chi connectivity index (χ0) is 19.2. The molecule has 1 aliphatic rings. The van der Waals surface area contributed by atoms with Crippen LogP contribution in [0.2, 0.25) is 0 Å². The number of carbonyl (C=O) groups is 2. The highest BCUT2D eigenvalue weighted by Crippen LogP contribution is 2.24. The van der Waals surface area contributed by atoms with E-state index < -0.39 is 5.97 Å². The van der Waals surface area contributed by atoms with E-state index in [9.17, 15) is 9.59 Å². The van der Waals surface area contributed by atoms with Crippen LogP contribution in [0, 0.1) is 5.92 Å². The van der Waals surface area contributed by atoms with Crippen LogP contribution in [0.25, 0.3) is 0 Å². The second-order valence-electron chi connectivity index (χ2n) is 7.93. The number of hydrogen-bond acceptors (Lipinski definition) is 3. The van der Waals surface area contributed by atoms with Gasteiger partial charge in [-0.1, -0.05) is 24.3 Å². The van der Waals surface area contributed by atoms with Crippen molar-refractivity contribution in [3.63, 3.8) is 0 Å². The van der Waals surface area contributed by atoms with E-state index in [4.69, 9.17) is 9.84 Å². The Bertz CT molecular complexity index is 616. The van der Waals surface area contributed by atoms with Crippen LogP contribution in [-0.4, -0.2) is 28.7 Å². The van der Waals surface area contributed by atoms with Crippen molar-refractivity contribution in [2.45, 2.75) is 71.2 Å². The minimum atomic E-state index is -0.733. The summed E-state index contributed by atoms with van der Waals surface area (Å²) in [6, 6.07) is 7.82. The molecule has 26 heavy (non-hydrogen) atoms. The predicted octanol–water partition coefficient (Wildman–Crippen LogP) is 3.44. The third-order valence-corrected chi connectivity index (χ3v) is 4.53. The quantitative estimate of drug-likeness (QED) is 0.723. The molecule has 2 rings (SSSR count). The SMILES string of the molecule is CC(C)(C)OCc1cccc(CNC(=O)NC2CCC(C(=O)O)CC2)c1. The van der Waals surface area contributed by atoms with E-state index in [1.165, 1.54) is 0 Å². The molecule has 1 aromatic rings. The fourth-order valence-electron chi connectivity index (χ4n) is 3.03. The molecule has 3 N–H and O–H groups in total. The Labute approximate surface area is 155 Å². The number of carboxylic acid groups (broad SMARTS) is 1. The summed E-state index contributed by atoms with van der Waals surface area (Å²) in [5.74, 6) is -1.00. The fourth-order valence-corrected chi connectivity index (χ4v) is 3.03. The summed E-state index contributed by atoms with van der Waals surface area (Å²) in [6.45, 7) is 7.04. The van der Waals surface area contributed by atoms with Gasteiger partial charge in [0.05, 0.1) is 18.1 Å². The van der Waals surface area contributed by atoms with Gasteiger partial charge in [-0.2, -0.15) is 0 Å². The zero-order valence-electron chi connectivity index (χ0n) is 15.9. The summed E-state index contributed by atoms with van der Waals surface area (Å²) in [4.78, 5) is 23.0. The maximum absolute atomic E-state index is 12.1. The average Bonchev–Trinajstić information content (AvgIpc) is 2.58. The summed E-state index contributed by atoms with van der Waals surface area (Å²) in [7, 11) is 0. The molecule has 1 aliphatic carbocycles. The predicted molar refractivity (Wildman–Crippen MR) is 99.7 cm³/mol. The van der Waals surface area contributed by atoms with Crippen molar-refractivity contribution >= 4 is 12.0 Å². The number of amides is 2. The molecular weight excluding hydrogens is 332 g/mol. The topological polar surface area (TPSA) is 87.7 Å². The summed E-state index contributed by atoms with van der Waals surface area (Å²) in [5, 5.41) is 14.8. The van der Waals surface area contributed by atoms with Gasteiger partial charge in [0, 0.05) is 12.6 Å². The second-order valence-corrected chi connectivity index (χ2v) is 7.93. The highest BCUT2D eigenvalue weighted by atomic mass is 16.5. The van der Waals surface area contributed by atoms with Crippen molar-refractivity contribution in [3.05, 3.63) is 35.4 Å². The minimum Gasteiger partial charge on any atom is -0.481 e. The third kappa shape index (κ3) is 7.04. The van der Waals surface area contributed by atoms with Crippen LogP contribution in [0.4, 0.5) is 4.79 Å². The van der Waals surface area contributed by atoms with Crippen molar-refractivity contribution in [1.29, 1.82) is 0 Å². The van der Waals surface area contributed by atoms with Crippen LogP contribution < -0.4 is 10.6 Å². The molecule has 0 heterocycles. The Hall–Kier alpha value is -2.08. The number of carboxylic acids is 1. The number of urea groups is 1. The molecule has 0 unspecified atom stereocenters. The summed E-state index contributed by atoms with van der Waals surface area (Å²) < 4.78 is 5.78. The van der Waals surface area contributed by atoms with Crippen LogP contribution in [0.3, 0.4) is 0 Å². The molecule has 6 nitrogen and oxygen atoms in total. The van der Waals surface area contributed by atoms with Crippen molar-refractivity contribution in [3.8, 4) is 0 Å². The molecule has 0 bridgehead atoms. The van der Waals surface area contributed by atoms with E-state index in [-0.39, 0.29) is 23.6 Å². The first-order chi connectivity index (χ1) is 12.2. The number of carbonyl (C=O) groups excluding carboxylic acids is 1. The van der Waals surface area contributed by atoms with Crippen molar-refractivity contribution in [1.82, 2.24) is 10.6 Å². The Morgan fingerprint density at radius 2 is 1.81 bits per heavy atom. The van der Waals surface area contributed by atoms with Gasteiger partial charge in [0.2, 0.25) is 0 Å². The molecule has 0 aromatic heterocycles. The molecule has 1 fully saturated rings. The lowest BCUT2D eigenvalue weighted by molar-refractivity contribution is -0.142. The zero-order valence-corrected chi connectivity index (χ0v) is 15.9. The molecule has 0 radical (unpaired) electrons. The van der Waals surface area contributed by atoms with E-state index in [2.05, 4.69) is 10.6 Å². The molecule has 1 aromatic carbocycles. The molecule has 0 atom stereocenters. The molecule has 0 saturated heterocycles. The minimum absolute atomic E-state index is 0.0529. The lowest BCUT2D eigenvalue weighted by Crippen LogP contribution is -2.43. The number of aliphatic carboxylic acids is 1. The van der Waals surface area contributed by atoms with E-state index in [1.807, 2.05) is 45.0 Å². The Morgan fingerprint density at radius 1 is 1.15 bits per heavy atom. The third-order valence-electron chi connectivity index (χ3n) is 4.53. The van der Waals surface area contributed by atoms with Crippen LogP contribution >= 0.6 is 0 Å². The Balaban J connectivity index is 1.74. The van der Waals surface area contributed by atoms with E-state index >= 15 is 0 Å². The first kappa shape index (κ1) is 20.2. The molecular formula is C20H30N2O4. The van der Waals surface area contributed by atoms with Gasteiger partial charge < -0.3 is 20.5 Å². The van der Waals surface area contributed by atoms with Crippen molar-refractivity contribution in [2.75, 3.05) is 0 Å². The Kier molecular flexibility index (Phi) is 7.03. The van der Waals surface area contributed by atoms with Gasteiger partial charge in [-0.15, -0.1) is 0 Å². The second kappa shape index (κ2) is 9.03. The van der Waals surface area contributed by atoms with Gasteiger partial charge in [-0.3, -0.25) is 4.79 Å². The van der Waals surface area contributed by atoms with Gasteiger partial charge in [0.1, 0.15) is 0 Å². The smallest absolute Gasteiger partial charge is 0.315 e. The maximum Gasteiger partial charge on any atom is 0.315 e. The number of hydrogen-bond donors (Lipinski definition) is 3. The lowest BCUT2D eigenvalue weighted by atomic mass is 9.86. The molecule has 0 spiro atoms. The molecule has 144 valence electrons. The first-order valence-electron chi connectivity index (χ1n) is 9.22. The van der Waals surface area contributed by atoms with E-state index in [0.717, 1.165) is 11.1 Å². The van der Waals surface area contributed by atoms with Gasteiger partial charge in [-0.25, -0.2) is 4.79 Å². The standard InChI is InChI=1S/C20H30N2O4/c1-20(2,3)26-13-15-6-4-5-14(11-15)12-21-19(25)22-17-9-7-16(8-10-17)18(23)24/h4-6,11,16-17H,7-10,12-13H2,1-3H3,(H,23,24)(H2,21,22,25). The Morgan fingerprint density at radius 3 is 2.42 bits per heavy atom. The summed E-state index contributed by atoms with van der Waals surface area (Å²) in [5.41, 5.74) is 1.91. The maximum atomic E-state index is 12.1. The van der Waals surface area contributed by atoms with Crippen LogP contribution in [0.15, 0.2) is 24.3 Å². The van der Waals surface area contributed by atoms with Crippen LogP contribution in [0.5, 0.6) is 0 Å². The molecule has 6 heteroatoms.